The topological polar surface area (TPSA) is 72.2 Å². The van der Waals surface area contributed by atoms with E-state index in [1.54, 1.807) is 18.2 Å². The van der Waals surface area contributed by atoms with Gasteiger partial charge >= 0.3 is 0 Å². The highest BCUT2D eigenvalue weighted by Gasteiger charge is 2.17. The van der Waals surface area contributed by atoms with Gasteiger partial charge in [-0.05, 0) is 36.1 Å². The summed E-state index contributed by atoms with van der Waals surface area (Å²) in [4.78, 5) is 23.5. The average Bonchev–Trinajstić information content (AvgIpc) is 2.55. The number of amides is 2. The van der Waals surface area contributed by atoms with Crippen molar-refractivity contribution in [1.29, 1.82) is 0 Å². The summed E-state index contributed by atoms with van der Waals surface area (Å²) in [5, 5.41) is 3.44. The normalized spacial score (nSPS) is 11.7. The van der Waals surface area contributed by atoms with Crippen LogP contribution in [0.3, 0.4) is 0 Å². The molecule has 0 fully saturated rings. The summed E-state index contributed by atoms with van der Waals surface area (Å²) < 4.78 is 0. The molecule has 3 N–H and O–H groups in total. The lowest BCUT2D eigenvalue weighted by Crippen LogP contribution is -2.31. The highest BCUT2D eigenvalue weighted by Crippen LogP contribution is 2.20. The van der Waals surface area contributed by atoms with Crippen LogP contribution in [0, 0.1) is 0 Å². The molecule has 1 atom stereocenters. The van der Waals surface area contributed by atoms with Gasteiger partial charge in [-0.15, -0.1) is 0 Å². The smallest absolute Gasteiger partial charge is 0.220 e. The van der Waals surface area contributed by atoms with Gasteiger partial charge in [0.2, 0.25) is 11.8 Å². The van der Waals surface area contributed by atoms with E-state index in [0.717, 1.165) is 18.4 Å². The fraction of sp³-hybridized carbons (Fsp3) is 0.263. The lowest BCUT2D eigenvalue weighted by molar-refractivity contribution is -0.122. The molecule has 5 heteroatoms. The molecule has 0 spiro atoms. The molecule has 0 aromatic heterocycles. The molecule has 0 saturated carbocycles. The number of halogens is 1. The van der Waals surface area contributed by atoms with Crippen molar-refractivity contribution < 1.29 is 9.59 Å². The molecular weight excluding hydrogens is 324 g/mol. The van der Waals surface area contributed by atoms with E-state index in [1.165, 1.54) is 5.56 Å². The zero-order valence-electron chi connectivity index (χ0n) is 13.4. The summed E-state index contributed by atoms with van der Waals surface area (Å²) in [7, 11) is 0. The third-order valence-electron chi connectivity index (χ3n) is 3.70. The van der Waals surface area contributed by atoms with Crippen LogP contribution < -0.4 is 11.1 Å². The van der Waals surface area contributed by atoms with E-state index >= 15 is 0 Å². The monoisotopic (exact) mass is 344 g/mol. The molecule has 0 bridgehead atoms. The van der Waals surface area contributed by atoms with Gasteiger partial charge < -0.3 is 11.1 Å². The van der Waals surface area contributed by atoms with Gasteiger partial charge in [-0.25, -0.2) is 0 Å². The lowest BCUT2D eigenvalue weighted by atomic mass is 10.0. The van der Waals surface area contributed by atoms with Crippen LogP contribution in [-0.2, 0) is 16.0 Å². The van der Waals surface area contributed by atoms with Gasteiger partial charge in [0.05, 0.1) is 12.5 Å². The zero-order valence-corrected chi connectivity index (χ0v) is 14.1. The molecule has 24 heavy (non-hydrogen) atoms. The quantitative estimate of drug-likeness (QED) is 0.770. The van der Waals surface area contributed by atoms with E-state index < -0.39 is 11.9 Å². The van der Waals surface area contributed by atoms with Gasteiger partial charge in [0.25, 0.3) is 0 Å². The molecule has 0 heterocycles. The largest absolute Gasteiger partial charge is 0.370 e. The van der Waals surface area contributed by atoms with Crippen LogP contribution >= 0.6 is 11.6 Å². The first-order valence-electron chi connectivity index (χ1n) is 7.91. The molecule has 4 nitrogen and oxygen atoms in total. The third-order valence-corrected chi connectivity index (χ3v) is 3.94. The number of carbonyl (C=O) groups is 2. The Kier molecular flexibility index (Phi) is 6.82. The summed E-state index contributed by atoms with van der Waals surface area (Å²) in [6, 6.07) is 16.7. The van der Waals surface area contributed by atoms with E-state index in [2.05, 4.69) is 5.32 Å². The van der Waals surface area contributed by atoms with Gasteiger partial charge in [-0.2, -0.15) is 0 Å². The number of primary amides is 1. The van der Waals surface area contributed by atoms with Crippen molar-refractivity contribution in [1.82, 2.24) is 5.32 Å². The Morgan fingerprint density at radius 2 is 1.83 bits per heavy atom. The number of nitrogens with one attached hydrogen (secondary N) is 1. The fourth-order valence-electron chi connectivity index (χ4n) is 2.54. The first kappa shape index (κ1) is 18.0. The van der Waals surface area contributed by atoms with Crippen molar-refractivity contribution in [3.05, 3.63) is 70.7 Å². The Balaban J connectivity index is 1.91. The molecule has 0 aliphatic carbocycles. The summed E-state index contributed by atoms with van der Waals surface area (Å²) >= 11 is 5.98. The maximum absolute atomic E-state index is 12.2. The van der Waals surface area contributed by atoms with Gasteiger partial charge in [-0.1, -0.05) is 54.1 Å². The lowest BCUT2D eigenvalue weighted by Gasteiger charge is -2.18. The Labute approximate surface area is 147 Å². The zero-order chi connectivity index (χ0) is 17.4. The third kappa shape index (κ3) is 6.05. The Hall–Kier alpha value is -2.33. The number of hydrogen-bond acceptors (Lipinski definition) is 2. The standard InChI is InChI=1S/C19H21ClN2O2/c20-16-10-5-9-15(12-16)17(13-18(21)23)22-19(24)11-4-8-14-6-2-1-3-7-14/h1-3,5-7,9-10,12,17H,4,8,11,13H2,(H2,21,23)(H,22,24)/t17-/m1/s1. The minimum atomic E-state index is -0.468. The Morgan fingerprint density at radius 1 is 1.08 bits per heavy atom. The maximum Gasteiger partial charge on any atom is 0.220 e. The molecular formula is C19H21ClN2O2. The summed E-state index contributed by atoms with van der Waals surface area (Å²) in [6.07, 6.45) is 2.02. The predicted octanol–water partition coefficient (Wildman–Crippen LogP) is 3.40. The molecule has 2 aromatic carbocycles. The van der Waals surface area contributed by atoms with Gasteiger partial charge in [0.1, 0.15) is 0 Å². The molecule has 126 valence electrons. The number of nitrogens with two attached hydrogens (primary N) is 1. The second kappa shape index (κ2) is 9.08. The number of hydrogen-bond donors (Lipinski definition) is 2. The summed E-state index contributed by atoms with van der Waals surface area (Å²) in [6.45, 7) is 0. The van der Waals surface area contributed by atoms with Crippen LogP contribution in [0.2, 0.25) is 5.02 Å². The van der Waals surface area contributed by atoms with E-state index in [9.17, 15) is 9.59 Å². The van der Waals surface area contributed by atoms with Crippen molar-refractivity contribution in [2.24, 2.45) is 5.73 Å². The number of carbonyl (C=O) groups excluding carboxylic acids is 2. The van der Waals surface area contributed by atoms with E-state index in [-0.39, 0.29) is 12.3 Å². The molecule has 0 unspecified atom stereocenters. The molecule has 0 aliphatic heterocycles. The molecule has 0 radical (unpaired) electrons. The van der Waals surface area contributed by atoms with Crippen molar-refractivity contribution in [3.63, 3.8) is 0 Å². The summed E-state index contributed by atoms with van der Waals surface area (Å²) in [5.74, 6) is -0.568. The van der Waals surface area contributed by atoms with Crippen molar-refractivity contribution in [2.75, 3.05) is 0 Å². The maximum atomic E-state index is 12.2. The second-order valence-electron chi connectivity index (χ2n) is 5.68. The first-order chi connectivity index (χ1) is 11.5. The molecule has 2 amide bonds. The van der Waals surface area contributed by atoms with Crippen LogP contribution in [0.25, 0.3) is 0 Å². The van der Waals surface area contributed by atoms with E-state index in [0.29, 0.717) is 11.4 Å². The highest BCUT2D eigenvalue weighted by atomic mass is 35.5. The second-order valence-corrected chi connectivity index (χ2v) is 6.12. The number of aryl methyl sites for hydroxylation is 1. The number of benzene rings is 2. The van der Waals surface area contributed by atoms with Gasteiger partial charge in [-0.3, -0.25) is 9.59 Å². The van der Waals surface area contributed by atoms with Crippen LogP contribution in [0.15, 0.2) is 54.6 Å². The van der Waals surface area contributed by atoms with E-state index in [1.807, 2.05) is 36.4 Å². The minimum absolute atomic E-state index is 0.0464. The van der Waals surface area contributed by atoms with Crippen molar-refractivity contribution in [3.8, 4) is 0 Å². The molecule has 0 saturated heterocycles. The van der Waals surface area contributed by atoms with Crippen molar-refractivity contribution >= 4 is 23.4 Å². The average molecular weight is 345 g/mol. The minimum Gasteiger partial charge on any atom is -0.370 e. The molecule has 2 aromatic rings. The van der Waals surface area contributed by atoms with Crippen LogP contribution in [-0.4, -0.2) is 11.8 Å². The predicted molar refractivity (Wildman–Crippen MR) is 95.5 cm³/mol. The van der Waals surface area contributed by atoms with Gasteiger partial charge in [0, 0.05) is 11.4 Å². The highest BCUT2D eigenvalue weighted by molar-refractivity contribution is 6.30. The SMILES string of the molecule is NC(=O)C[C@@H](NC(=O)CCCc1ccccc1)c1cccc(Cl)c1. The Morgan fingerprint density at radius 3 is 2.50 bits per heavy atom. The molecule has 0 aliphatic rings. The summed E-state index contributed by atoms with van der Waals surface area (Å²) in [5.41, 5.74) is 7.28. The van der Waals surface area contributed by atoms with Crippen LogP contribution in [0.5, 0.6) is 0 Å². The van der Waals surface area contributed by atoms with E-state index in [4.69, 9.17) is 17.3 Å². The Bertz CT molecular complexity index is 689. The number of rotatable bonds is 8. The van der Waals surface area contributed by atoms with Crippen LogP contribution in [0.1, 0.15) is 36.4 Å². The van der Waals surface area contributed by atoms with Crippen LogP contribution in [0.4, 0.5) is 0 Å². The molecule has 2 rings (SSSR count). The fourth-order valence-corrected chi connectivity index (χ4v) is 2.74. The first-order valence-corrected chi connectivity index (χ1v) is 8.29. The van der Waals surface area contributed by atoms with Crippen molar-refractivity contribution in [2.45, 2.75) is 31.7 Å². The van der Waals surface area contributed by atoms with Gasteiger partial charge in [0.15, 0.2) is 0 Å².